The number of para-hydroxylation sites is 1. The van der Waals surface area contributed by atoms with Gasteiger partial charge >= 0.3 is 0 Å². The Hall–Kier alpha value is -2.63. The quantitative estimate of drug-likeness (QED) is 0.946. The highest BCUT2D eigenvalue weighted by atomic mass is 19.2. The van der Waals surface area contributed by atoms with Crippen LogP contribution in [-0.2, 0) is 11.2 Å². The van der Waals surface area contributed by atoms with Crippen molar-refractivity contribution in [2.75, 3.05) is 12.1 Å². The lowest BCUT2D eigenvalue weighted by Gasteiger charge is -2.07. The smallest absolute Gasteiger partial charge is 0.231 e. The maximum absolute atomic E-state index is 13.1. The van der Waals surface area contributed by atoms with Crippen LogP contribution in [0.3, 0.4) is 0 Å². The van der Waals surface area contributed by atoms with Gasteiger partial charge in [0.2, 0.25) is 12.7 Å². The molecule has 0 saturated heterocycles. The third-order valence-corrected chi connectivity index (χ3v) is 3.03. The molecule has 0 aliphatic carbocycles. The Bertz CT molecular complexity index is 703. The molecule has 0 bridgehead atoms. The van der Waals surface area contributed by atoms with Crippen LogP contribution in [0, 0.1) is 11.6 Å². The van der Waals surface area contributed by atoms with Gasteiger partial charge in [0.15, 0.2) is 23.1 Å². The molecule has 1 amide bonds. The Kier molecular flexibility index (Phi) is 3.43. The molecule has 2 aromatic rings. The molecule has 0 saturated carbocycles. The van der Waals surface area contributed by atoms with Gasteiger partial charge in [0.05, 0.1) is 6.42 Å². The highest BCUT2D eigenvalue weighted by molar-refractivity contribution is 5.92. The summed E-state index contributed by atoms with van der Waals surface area (Å²) in [7, 11) is 0. The number of fused-ring (bicyclic) bond motifs is 1. The lowest BCUT2D eigenvalue weighted by molar-refractivity contribution is -0.115. The zero-order valence-electron chi connectivity index (χ0n) is 10.9. The van der Waals surface area contributed by atoms with Gasteiger partial charge in [-0.2, -0.15) is 0 Å². The van der Waals surface area contributed by atoms with E-state index in [4.69, 9.17) is 9.47 Å². The van der Waals surface area contributed by atoms with Gasteiger partial charge < -0.3 is 14.8 Å². The number of halogens is 2. The standard InChI is InChI=1S/C15H11F2NO3/c16-11-5-4-10(7-12(11)17)18-14(19)6-9-2-1-3-13-15(9)21-8-20-13/h1-5,7H,6,8H2,(H,18,19). The second-order valence-corrected chi connectivity index (χ2v) is 4.50. The molecule has 0 fully saturated rings. The average Bonchev–Trinajstić information content (AvgIpc) is 2.92. The highest BCUT2D eigenvalue weighted by Gasteiger charge is 2.19. The van der Waals surface area contributed by atoms with Crippen LogP contribution in [0.5, 0.6) is 11.5 Å². The van der Waals surface area contributed by atoms with Crippen molar-refractivity contribution in [3.05, 3.63) is 53.6 Å². The Morgan fingerprint density at radius 3 is 2.81 bits per heavy atom. The average molecular weight is 291 g/mol. The Labute approximate surface area is 119 Å². The zero-order valence-corrected chi connectivity index (χ0v) is 10.9. The summed E-state index contributed by atoms with van der Waals surface area (Å²) in [4.78, 5) is 12.0. The summed E-state index contributed by atoms with van der Waals surface area (Å²) in [6.07, 6.45) is 0.0472. The van der Waals surface area contributed by atoms with Crippen molar-refractivity contribution in [3.63, 3.8) is 0 Å². The first-order chi connectivity index (χ1) is 10.1. The number of amides is 1. The van der Waals surface area contributed by atoms with Gasteiger partial charge in [-0.15, -0.1) is 0 Å². The monoisotopic (exact) mass is 291 g/mol. The molecule has 0 atom stereocenters. The maximum atomic E-state index is 13.1. The first-order valence-electron chi connectivity index (χ1n) is 6.26. The van der Waals surface area contributed by atoms with Crippen molar-refractivity contribution in [3.8, 4) is 11.5 Å². The van der Waals surface area contributed by atoms with Gasteiger partial charge in [0, 0.05) is 17.3 Å². The number of nitrogens with one attached hydrogen (secondary N) is 1. The van der Waals surface area contributed by atoms with Gasteiger partial charge in [-0.05, 0) is 18.2 Å². The van der Waals surface area contributed by atoms with E-state index in [1.807, 2.05) is 0 Å². The van der Waals surface area contributed by atoms with Crippen molar-refractivity contribution in [1.82, 2.24) is 0 Å². The lowest BCUT2D eigenvalue weighted by Crippen LogP contribution is -2.15. The number of anilines is 1. The van der Waals surface area contributed by atoms with Crippen molar-refractivity contribution >= 4 is 11.6 Å². The summed E-state index contributed by atoms with van der Waals surface area (Å²) in [6, 6.07) is 8.45. The molecule has 6 heteroatoms. The van der Waals surface area contributed by atoms with Gasteiger partial charge in [-0.1, -0.05) is 12.1 Å². The molecule has 1 aliphatic rings. The topological polar surface area (TPSA) is 47.6 Å². The molecule has 1 aliphatic heterocycles. The van der Waals surface area contributed by atoms with Crippen LogP contribution in [0.1, 0.15) is 5.56 Å². The molecule has 1 N–H and O–H groups in total. The van der Waals surface area contributed by atoms with E-state index in [0.717, 1.165) is 12.1 Å². The third kappa shape index (κ3) is 2.79. The predicted molar refractivity (Wildman–Crippen MR) is 71.3 cm³/mol. The van der Waals surface area contributed by atoms with Crippen LogP contribution in [0.25, 0.3) is 0 Å². The lowest BCUT2D eigenvalue weighted by atomic mass is 10.1. The molecule has 0 aromatic heterocycles. The maximum Gasteiger partial charge on any atom is 0.231 e. The van der Waals surface area contributed by atoms with Gasteiger partial charge in [-0.25, -0.2) is 8.78 Å². The normalized spacial score (nSPS) is 12.3. The van der Waals surface area contributed by atoms with Gasteiger partial charge in [-0.3, -0.25) is 4.79 Å². The van der Waals surface area contributed by atoms with Crippen LogP contribution < -0.4 is 14.8 Å². The summed E-state index contributed by atoms with van der Waals surface area (Å²) in [6.45, 7) is 0.122. The van der Waals surface area contributed by atoms with Crippen molar-refractivity contribution < 1.29 is 23.0 Å². The van der Waals surface area contributed by atoms with Gasteiger partial charge in [0.1, 0.15) is 0 Å². The van der Waals surface area contributed by atoms with Crippen LogP contribution in [0.4, 0.5) is 14.5 Å². The molecule has 0 radical (unpaired) electrons. The number of ether oxygens (including phenoxy) is 2. The fourth-order valence-corrected chi connectivity index (χ4v) is 2.08. The molecular formula is C15H11F2NO3. The number of hydrogen-bond donors (Lipinski definition) is 1. The Morgan fingerprint density at radius 2 is 2.00 bits per heavy atom. The molecular weight excluding hydrogens is 280 g/mol. The van der Waals surface area contributed by atoms with E-state index in [1.165, 1.54) is 6.07 Å². The number of benzene rings is 2. The Morgan fingerprint density at radius 1 is 1.14 bits per heavy atom. The zero-order chi connectivity index (χ0) is 14.8. The second-order valence-electron chi connectivity index (χ2n) is 4.50. The minimum absolute atomic E-state index is 0.0472. The molecule has 2 aromatic carbocycles. The van der Waals surface area contributed by atoms with Crippen LogP contribution in [0.15, 0.2) is 36.4 Å². The van der Waals surface area contributed by atoms with Crippen molar-refractivity contribution in [2.45, 2.75) is 6.42 Å². The largest absolute Gasteiger partial charge is 0.454 e. The fraction of sp³-hybridized carbons (Fsp3) is 0.133. The molecule has 4 nitrogen and oxygen atoms in total. The molecule has 108 valence electrons. The van der Waals surface area contributed by atoms with Crippen molar-refractivity contribution in [1.29, 1.82) is 0 Å². The van der Waals surface area contributed by atoms with E-state index in [0.29, 0.717) is 17.1 Å². The summed E-state index contributed by atoms with van der Waals surface area (Å²) in [5, 5.41) is 2.51. The Balaban J connectivity index is 1.72. The second kappa shape index (κ2) is 5.40. The van der Waals surface area contributed by atoms with Crippen LogP contribution >= 0.6 is 0 Å². The third-order valence-electron chi connectivity index (χ3n) is 3.03. The highest BCUT2D eigenvalue weighted by Crippen LogP contribution is 2.35. The van der Waals surface area contributed by atoms with E-state index >= 15 is 0 Å². The van der Waals surface area contributed by atoms with E-state index in [2.05, 4.69) is 5.32 Å². The summed E-state index contributed by atoms with van der Waals surface area (Å²) in [5.74, 6) is -1.19. The predicted octanol–water partition coefficient (Wildman–Crippen LogP) is 2.87. The number of carbonyl (C=O) groups is 1. The first kappa shape index (κ1) is 13.4. The molecule has 21 heavy (non-hydrogen) atoms. The summed E-state index contributed by atoms with van der Waals surface area (Å²) in [5.41, 5.74) is 0.869. The summed E-state index contributed by atoms with van der Waals surface area (Å²) >= 11 is 0. The van der Waals surface area contributed by atoms with Crippen molar-refractivity contribution in [2.24, 2.45) is 0 Å². The minimum Gasteiger partial charge on any atom is -0.454 e. The fourth-order valence-electron chi connectivity index (χ4n) is 2.08. The number of carbonyl (C=O) groups excluding carboxylic acids is 1. The molecule has 1 heterocycles. The van der Waals surface area contributed by atoms with E-state index in [-0.39, 0.29) is 24.8 Å². The van der Waals surface area contributed by atoms with E-state index < -0.39 is 11.6 Å². The molecule has 0 unspecified atom stereocenters. The SMILES string of the molecule is O=C(Cc1cccc2c1OCO2)Nc1ccc(F)c(F)c1. The minimum atomic E-state index is -1.01. The van der Waals surface area contributed by atoms with Crippen LogP contribution in [0.2, 0.25) is 0 Å². The van der Waals surface area contributed by atoms with E-state index in [1.54, 1.807) is 18.2 Å². The van der Waals surface area contributed by atoms with Crippen LogP contribution in [-0.4, -0.2) is 12.7 Å². The van der Waals surface area contributed by atoms with E-state index in [9.17, 15) is 13.6 Å². The van der Waals surface area contributed by atoms with Gasteiger partial charge in [0.25, 0.3) is 0 Å². The summed E-state index contributed by atoms with van der Waals surface area (Å²) < 4.78 is 36.4. The molecule has 3 rings (SSSR count). The molecule has 0 spiro atoms. The first-order valence-corrected chi connectivity index (χ1v) is 6.26. The number of rotatable bonds is 3. The number of hydrogen-bond acceptors (Lipinski definition) is 3.